The molecule has 0 aromatic heterocycles. The molecule has 0 aliphatic heterocycles. The van der Waals surface area contributed by atoms with Crippen LogP contribution >= 0.6 is 0 Å². The molecule has 0 unspecified atom stereocenters. The van der Waals surface area contributed by atoms with E-state index in [1.54, 1.807) is 0 Å². The fourth-order valence-corrected chi connectivity index (χ4v) is 3.89. The van der Waals surface area contributed by atoms with Crippen LogP contribution in [-0.4, -0.2) is 12.1 Å². The molecular formula is C18H32O2. The first kappa shape index (κ1) is 15.9. The second-order valence-corrected chi connectivity index (χ2v) is 6.94. The molecule has 0 amide bonds. The van der Waals surface area contributed by atoms with Crippen LogP contribution in [0.1, 0.15) is 90.4 Å². The van der Waals surface area contributed by atoms with E-state index in [-0.39, 0.29) is 12.1 Å². The number of carbonyl (C=O) groups excluding carboxylic acids is 1. The molecule has 2 fully saturated rings. The van der Waals surface area contributed by atoms with Gasteiger partial charge >= 0.3 is 5.97 Å². The fourth-order valence-electron chi connectivity index (χ4n) is 3.89. The molecule has 0 spiro atoms. The van der Waals surface area contributed by atoms with Crippen LogP contribution in [0.4, 0.5) is 0 Å². The lowest BCUT2D eigenvalue weighted by Gasteiger charge is -2.27. The van der Waals surface area contributed by atoms with Crippen LogP contribution in [0.2, 0.25) is 0 Å². The van der Waals surface area contributed by atoms with Gasteiger partial charge in [0.2, 0.25) is 0 Å². The summed E-state index contributed by atoms with van der Waals surface area (Å²) in [6.07, 6.45) is 16.0. The highest BCUT2D eigenvalue weighted by atomic mass is 16.5. The number of hydrogen-bond acceptors (Lipinski definition) is 2. The predicted octanol–water partition coefficient (Wildman–Crippen LogP) is 5.25. The minimum Gasteiger partial charge on any atom is -0.462 e. The number of ether oxygens (including phenoxy) is 1. The smallest absolute Gasteiger partial charge is 0.306 e. The lowest BCUT2D eigenvalue weighted by atomic mass is 9.79. The van der Waals surface area contributed by atoms with Gasteiger partial charge in [0.1, 0.15) is 6.10 Å². The van der Waals surface area contributed by atoms with E-state index in [0.717, 1.165) is 31.1 Å². The zero-order valence-electron chi connectivity index (χ0n) is 13.2. The van der Waals surface area contributed by atoms with Gasteiger partial charge in [-0.1, -0.05) is 45.4 Å². The summed E-state index contributed by atoms with van der Waals surface area (Å²) in [5.41, 5.74) is 0. The molecule has 2 aliphatic rings. The summed E-state index contributed by atoms with van der Waals surface area (Å²) in [5, 5.41) is 0. The maximum Gasteiger partial charge on any atom is 0.306 e. The van der Waals surface area contributed by atoms with Crippen LogP contribution in [0.5, 0.6) is 0 Å². The molecule has 2 saturated carbocycles. The summed E-state index contributed by atoms with van der Waals surface area (Å²) in [5.74, 6) is 1.90. The highest BCUT2D eigenvalue weighted by molar-refractivity contribution is 5.69. The summed E-state index contributed by atoms with van der Waals surface area (Å²) in [6.45, 7) is 2.31. The lowest BCUT2D eigenvalue weighted by Crippen LogP contribution is -2.21. The molecule has 2 heteroatoms. The second-order valence-electron chi connectivity index (χ2n) is 6.94. The minimum atomic E-state index is 0.0548. The van der Waals surface area contributed by atoms with E-state index in [0.29, 0.717) is 6.42 Å². The molecule has 116 valence electrons. The summed E-state index contributed by atoms with van der Waals surface area (Å²) in [4.78, 5) is 11.8. The van der Waals surface area contributed by atoms with Crippen molar-refractivity contribution < 1.29 is 9.53 Å². The molecule has 20 heavy (non-hydrogen) atoms. The molecule has 2 rings (SSSR count). The van der Waals surface area contributed by atoms with Gasteiger partial charge in [-0.15, -0.1) is 0 Å². The van der Waals surface area contributed by atoms with Crippen molar-refractivity contribution in [1.82, 2.24) is 0 Å². The minimum absolute atomic E-state index is 0.0548. The first-order chi connectivity index (χ1) is 9.78. The first-order valence-electron chi connectivity index (χ1n) is 8.97. The zero-order chi connectivity index (χ0) is 14.2. The summed E-state index contributed by atoms with van der Waals surface area (Å²) >= 11 is 0. The van der Waals surface area contributed by atoms with E-state index in [1.807, 2.05) is 0 Å². The summed E-state index contributed by atoms with van der Waals surface area (Å²) in [7, 11) is 0. The molecule has 0 radical (unpaired) electrons. The SMILES string of the molecule is CC[C@H]1CC[C@H](CCCC(=O)OC2CCCCC2)CC1. The van der Waals surface area contributed by atoms with Crippen LogP contribution in [-0.2, 0) is 9.53 Å². The molecule has 0 aromatic rings. The Morgan fingerprint density at radius 3 is 2.25 bits per heavy atom. The normalized spacial score (nSPS) is 28.2. The standard InChI is InChI=1S/C18H32O2/c1-2-15-11-13-16(14-12-15)7-6-10-18(19)20-17-8-4-3-5-9-17/h15-17H,2-14H2,1H3/t15-,16-. The maximum atomic E-state index is 11.8. The third kappa shape index (κ3) is 5.46. The molecule has 0 N–H and O–H groups in total. The van der Waals surface area contributed by atoms with Gasteiger partial charge in [0.05, 0.1) is 0 Å². The number of esters is 1. The van der Waals surface area contributed by atoms with Crippen molar-refractivity contribution in [3.63, 3.8) is 0 Å². The van der Waals surface area contributed by atoms with Crippen LogP contribution in [0.25, 0.3) is 0 Å². The van der Waals surface area contributed by atoms with Gasteiger partial charge in [0.15, 0.2) is 0 Å². The molecule has 0 aromatic carbocycles. The monoisotopic (exact) mass is 280 g/mol. The average molecular weight is 280 g/mol. The van der Waals surface area contributed by atoms with Gasteiger partial charge in [-0.3, -0.25) is 4.79 Å². The van der Waals surface area contributed by atoms with Crippen molar-refractivity contribution >= 4 is 5.97 Å². The Morgan fingerprint density at radius 2 is 1.60 bits per heavy atom. The van der Waals surface area contributed by atoms with Crippen molar-refractivity contribution in [3.8, 4) is 0 Å². The maximum absolute atomic E-state index is 11.8. The van der Waals surface area contributed by atoms with Crippen molar-refractivity contribution in [2.45, 2.75) is 96.5 Å². The Kier molecular flexibility index (Phi) is 6.89. The van der Waals surface area contributed by atoms with E-state index in [4.69, 9.17) is 4.74 Å². The summed E-state index contributed by atoms with van der Waals surface area (Å²) in [6, 6.07) is 0. The van der Waals surface area contributed by atoms with Gasteiger partial charge in [0.25, 0.3) is 0 Å². The van der Waals surface area contributed by atoms with Crippen LogP contribution in [0.15, 0.2) is 0 Å². The van der Waals surface area contributed by atoms with E-state index >= 15 is 0 Å². The largest absolute Gasteiger partial charge is 0.462 e. The van der Waals surface area contributed by atoms with E-state index in [2.05, 4.69) is 6.92 Å². The van der Waals surface area contributed by atoms with Crippen LogP contribution in [0.3, 0.4) is 0 Å². The van der Waals surface area contributed by atoms with Crippen molar-refractivity contribution in [2.75, 3.05) is 0 Å². The lowest BCUT2D eigenvalue weighted by molar-refractivity contribution is -0.150. The van der Waals surface area contributed by atoms with E-state index < -0.39 is 0 Å². The highest BCUT2D eigenvalue weighted by Gasteiger charge is 2.21. The van der Waals surface area contributed by atoms with Gasteiger partial charge in [-0.2, -0.15) is 0 Å². The number of rotatable bonds is 6. The molecule has 2 nitrogen and oxygen atoms in total. The van der Waals surface area contributed by atoms with Crippen LogP contribution < -0.4 is 0 Å². The molecule has 2 aliphatic carbocycles. The van der Waals surface area contributed by atoms with Crippen molar-refractivity contribution in [2.24, 2.45) is 11.8 Å². The van der Waals surface area contributed by atoms with Crippen LogP contribution in [0, 0.1) is 11.8 Å². The molecule has 0 atom stereocenters. The third-order valence-corrected chi connectivity index (χ3v) is 5.39. The molecule has 0 bridgehead atoms. The van der Waals surface area contributed by atoms with E-state index in [9.17, 15) is 4.79 Å². The summed E-state index contributed by atoms with van der Waals surface area (Å²) < 4.78 is 5.58. The van der Waals surface area contributed by atoms with Crippen molar-refractivity contribution in [1.29, 1.82) is 0 Å². The van der Waals surface area contributed by atoms with Gasteiger partial charge < -0.3 is 4.74 Å². The average Bonchev–Trinajstić information content (AvgIpc) is 2.49. The van der Waals surface area contributed by atoms with Gasteiger partial charge in [0, 0.05) is 6.42 Å². The molecular weight excluding hydrogens is 248 g/mol. The third-order valence-electron chi connectivity index (χ3n) is 5.39. The zero-order valence-corrected chi connectivity index (χ0v) is 13.2. The number of carbonyl (C=O) groups is 1. The first-order valence-corrected chi connectivity index (χ1v) is 8.97. The van der Waals surface area contributed by atoms with Gasteiger partial charge in [-0.25, -0.2) is 0 Å². The van der Waals surface area contributed by atoms with Gasteiger partial charge in [-0.05, 0) is 50.4 Å². The number of hydrogen-bond donors (Lipinski definition) is 0. The van der Waals surface area contributed by atoms with E-state index in [1.165, 1.54) is 57.8 Å². The quantitative estimate of drug-likeness (QED) is 0.621. The Morgan fingerprint density at radius 1 is 0.950 bits per heavy atom. The Balaban J connectivity index is 1.53. The Bertz CT molecular complexity index is 273. The van der Waals surface area contributed by atoms with Crippen molar-refractivity contribution in [3.05, 3.63) is 0 Å². The fraction of sp³-hybridized carbons (Fsp3) is 0.944. The highest BCUT2D eigenvalue weighted by Crippen LogP contribution is 2.33. The topological polar surface area (TPSA) is 26.3 Å². The Labute approximate surface area is 124 Å². The second kappa shape index (κ2) is 8.69. The molecule has 0 heterocycles. The molecule has 0 saturated heterocycles. The Hall–Kier alpha value is -0.530. The predicted molar refractivity (Wildman–Crippen MR) is 82.6 cm³/mol.